The van der Waals surface area contributed by atoms with Crippen molar-refractivity contribution in [3.63, 3.8) is 0 Å². The van der Waals surface area contributed by atoms with Gasteiger partial charge in [-0.05, 0) is 32.8 Å². The zero-order valence-corrected chi connectivity index (χ0v) is 12.4. The van der Waals surface area contributed by atoms with Crippen molar-refractivity contribution in [2.45, 2.75) is 51.9 Å². The minimum atomic E-state index is 0.367. The number of hydrogen-bond acceptors (Lipinski definition) is 3. The normalized spacial score (nSPS) is 24.4. The molecule has 0 amide bonds. The molecule has 2 unspecified atom stereocenters. The van der Waals surface area contributed by atoms with Gasteiger partial charge in [0, 0.05) is 37.1 Å². The second-order valence-corrected chi connectivity index (χ2v) is 5.88. The monoisotopic (exact) mass is 272 g/mol. The summed E-state index contributed by atoms with van der Waals surface area (Å²) in [6.45, 7) is 7.35. The highest BCUT2D eigenvalue weighted by Gasteiger charge is 2.24. The average Bonchev–Trinajstić information content (AvgIpc) is 2.80. The summed E-state index contributed by atoms with van der Waals surface area (Å²) in [5.41, 5.74) is 8.49. The Morgan fingerprint density at radius 1 is 1.35 bits per heavy atom. The molecule has 1 saturated heterocycles. The third-order valence-electron chi connectivity index (χ3n) is 4.44. The molecule has 3 rings (SSSR count). The molecule has 2 atom stereocenters. The molecule has 0 radical (unpaired) electrons. The van der Waals surface area contributed by atoms with Gasteiger partial charge in [0.15, 0.2) is 0 Å². The van der Waals surface area contributed by atoms with Crippen LogP contribution >= 0.6 is 0 Å². The van der Waals surface area contributed by atoms with Gasteiger partial charge >= 0.3 is 0 Å². The van der Waals surface area contributed by atoms with Crippen LogP contribution in [0.15, 0.2) is 24.3 Å². The molecule has 0 aliphatic carbocycles. The van der Waals surface area contributed by atoms with E-state index in [1.165, 1.54) is 16.6 Å². The molecule has 4 nitrogen and oxygen atoms in total. The van der Waals surface area contributed by atoms with Crippen LogP contribution in [0, 0.1) is 0 Å². The summed E-state index contributed by atoms with van der Waals surface area (Å²) >= 11 is 0. The molecule has 0 bridgehead atoms. The van der Waals surface area contributed by atoms with Gasteiger partial charge in [0.05, 0.1) is 11.2 Å². The summed E-state index contributed by atoms with van der Waals surface area (Å²) in [6, 6.07) is 9.44. The van der Waals surface area contributed by atoms with Gasteiger partial charge in [-0.25, -0.2) is 0 Å². The lowest BCUT2D eigenvalue weighted by atomic mass is 9.99. The summed E-state index contributed by atoms with van der Waals surface area (Å²) < 4.78 is 2.10. The van der Waals surface area contributed by atoms with Crippen molar-refractivity contribution >= 4 is 10.9 Å². The van der Waals surface area contributed by atoms with E-state index < -0.39 is 0 Å². The predicted molar refractivity (Wildman–Crippen MR) is 82.5 cm³/mol. The molecule has 20 heavy (non-hydrogen) atoms. The van der Waals surface area contributed by atoms with Crippen molar-refractivity contribution in [2.75, 3.05) is 6.54 Å². The minimum Gasteiger partial charge on any atom is -0.328 e. The fourth-order valence-electron chi connectivity index (χ4n) is 3.24. The molecule has 1 aromatic heterocycles. The zero-order chi connectivity index (χ0) is 14.1. The van der Waals surface area contributed by atoms with Crippen LogP contribution in [0.2, 0.25) is 0 Å². The van der Waals surface area contributed by atoms with Crippen LogP contribution in [0.5, 0.6) is 0 Å². The SMILES string of the molecule is CCn1nc(CN2CCC(N)CC2C)c2ccccc21. The number of nitrogens with two attached hydrogens (primary N) is 1. The number of hydrogen-bond donors (Lipinski definition) is 1. The first-order valence-corrected chi connectivity index (χ1v) is 7.63. The lowest BCUT2D eigenvalue weighted by molar-refractivity contribution is 0.138. The molecule has 2 N–H and O–H groups in total. The molecular weight excluding hydrogens is 248 g/mol. The van der Waals surface area contributed by atoms with Crippen LogP contribution in [-0.4, -0.2) is 33.3 Å². The maximum Gasteiger partial charge on any atom is 0.0843 e. The Kier molecular flexibility index (Phi) is 3.76. The minimum absolute atomic E-state index is 0.367. The first kappa shape index (κ1) is 13.6. The number of nitrogens with zero attached hydrogens (tertiary/aromatic N) is 3. The van der Waals surface area contributed by atoms with Crippen LogP contribution in [0.25, 0.3) is 10.9 Å². The number of fused-ring (bicyclic) bond motifs is 1. The third-order valence-corrected chi connectivity index (χ3v) is 4.44. The highest BCUT2D eigenvalue weighted by Crippen LogP contribution is 2.23. The van der Waals surface area contributed by atoms with Crippen molar-refractivity contribution in [2.24, 2.45) is 5.73 Å². The van der Waals surface area contributed by atoms with E-state index in [9.17, 15) is 0 Å². The molecule has 0 saturated carbocycles. The average molecular weight is 272 g/mol. The lowest BCUT2D eigenvalue weighted by Gasteiger charge is -2.35. The van der Waals surface area contributed by atoms with E-state index in [1.807, 2.05) is 0 Å². The second-order valence-electron chi connectivity index (χ2n) is 5.88. The number of aryl methyl sites for hydroxylation is 1. The van der Waals surface area contributed by atoms with E-state index in [0.717, 1.165) is 32.5 Å². The zero-order valence-electron chi connectivity index (χ0n) is 12.4. The third kappa shape index (κ3) is 2.45. The molecule has 0 spiro atoms. The maximum atomic E-state index is 6.05. The van der Waals surface area contributed by atoms with Gasteiger partial charge in [-0.15, -0.1) is 0 Å². The van der Waals surface area contributed by atoms with Gasteiger partial charge in [-0.3, -0.25) is 9.58 Å². The largest absolute Gasteiger partial charge is 0.328 e. The van der Waals surface area contributed by atoms with Crippen LogP contribution in [0.3, 0.4) is 0 Å². The van der Waals surface area contributed by atoms with E-state index in [-0.39, 0.29) is 0 Å². The van der Waals surface area contributed by atoms with Crippen LogP contribution < -0.4 is 5.73 Å². The lowest BCUT2D eigenvalue weighted by Crippen LogP contribution is -2.45. The molecule has 1 aliphatic rings. The van der Waals surface area contributed by atoms with Crippen LogP contribution in [-0.2, 0) is 13.1 Å². The summed E-state index contributed by atoms with van der Waals surface area (Å²) in [5, 5.41) is 6.09. The Balaban J connectivity index is 1.87. The Labute approximate surface area is 120 Å². The summed E-state index contributed by atoms with van der Waals surface area (Å²) in [7, 11) is 0. The predicted octanol–water partition coefficient (Wildman–Crippen LogP) is 2.37. The Morgan fingerprint density at radius 3 is 2.90 bits per heavy atom. The standard InChI is InChI=1S/C16H24N4/c1-3-20-16-7-5-4-6-14(16)15(18-20)11-19-9-8-13(17)10-12(19)2/h4-7,12-13H,3,8-11,17H2,1-2H3. The number of rotatable bonds is 3. The van der Waals surface area contributed by atoms with Gasteiger partial charge in [-0.1, -0.05) is 18.2 Å². The van der Waals surface area contributed by atoms with Gasteiger partial charge in [0.2, 0.25) is 0 Å². The smallest absolute Gasteiger partial charge is 0.0843 e. The molecule has 1 fully saturated rings. The van der Waals surface area contributed by atoms with E-state index in [4.69, 9.17) is 10.8 Å². The topological polar surface area (TPSA) is 47.1 Å². The summed E-state index contributed by atoms with van der Waals surface area (Å²) in [5.74, 6) is 0. The van der Waals surface area contributed by atoms with Gasteiger partial charge in [0.25, 0.3) is 0 Å². The number of aromatic nitrogens is 2. The van der Waals surface area contributed by atoms with E-state index in [1.54, 1.807) is 0 Å². The summed E-state index contributed by atoms with van der Waals surface area (Å²) in [6.07, 6.45) is 2.18. The van der Waals surface area contributed by atoms with Crippen molar-refractivity contribution in [3.05, 3.63) is 30.0 Å². The second kappa shape index (κ2) is 5.54. The van der Waals surface area contributed by atoms with Gasteiger partial charge in [-0.2, -0.15) is 5.10 Å². The Bertz CT molecular complexity index is 589. The van der Waals surface area contributed by atoms with Crippen LogP contribution in [0.4, 0.5) is 0 Å². The maximum absolute atomic E-state index is 6.05. The van der Waals surface area contributed by atoms with Gasteiger partial charge < -0.3 is 5.73 Å². The summed E-state index contributed by atoms with van der Waals surface area (Å²) in [4.78, 5) is 2.51. The molecule has 108 valence electrons. The Morgan fingerprint density at radius 2 is 2.15 bits per heavy atom. The number of benzene rings is 1. The highest BCUT2D eigenvalue weighted by molar-refractivity contribution is 5.81. The molecule has 1 aromatic carbocycles. The first-order chi connectivity index (χ1) is 9.69. The quantitative estimate of drug-likeness (QED) is 0.933. The fraction of sp³-hybridized carbons (Fsp3) is 0.562. The van der Waals surface area contributed by atoms with Crippen molar-refractivity contribution < 1.29 is 0 Å². The molecule has 1 aliphatic heterocycles. The van der Waals surface area contributed by atoms with E-state index in [2.05, 4.69) is 47.7 Å². The highest BCUT2D eigenvalue weighted by atomic mass is 15.3. The molecular formula is C16H24N4. The van der Waals surface area contributed by atoms with Gasteiger partial charge in [0.1, 0.15) is 0 Å². The van der Waals surface area contributed by atoms with E-state index in [0.29, 0.717) is 12.1 Å². The van der Waals surface area contributed by atoms with Crippen LogP contribution in [0.1, 0.15) is 32.4 Å². The molecule has 4 heteroatoms. The number of likely N-dealkylation sites (tertiary alicyclic amines) is 1. The molecule has 2 aromatic rings. The first-order valence-electron chi connectivity index (χ1n) is 7.63. The number of piperidine rings is 1. The van der Waals surface area contributed by atoms with Crippen molar-refractivity contribution in [1.82, 2.24) is 14.7 Å². The van der Waals surface area contributed by atoms with Crippen molar-refractivity contribution in [3.8, 4) is 0 Å². The number of para-hydroxylation sites is 1. The van der Waals surface area contributed by atoms with E-state index >= 15 is 0 Å². The fourth-order valence-corrected chi connectivity index (χ4v) is 3.24. The Hall–Kier alpha value is -1.39. The van der Waals surface area contributed by atoms with Crippen molar-refractivity contribution in [1.29, 1.82) is 0 Å². The molecule has 2 heterocycles.